The van der Waals surface area contributed by atoms with Gasteiger partial charge in [-0.15, -0.1) is 0 Å². The fourth-order valence-corrected chi connectivity index (χ4v) is 5.81. The van der Waals surface area contributed by atoms with Crippen molar-refractivity contribution < 1.29 is 0 Å². The predicted molar refractivity (Wildman–Crippen MR) is 128 cm³/mol. The molecule has 0 N–H and O–H groups in total. The highest BCUT2D eigenvalue weighted by molar-refractivity contribution is 5.67. The molecule has 1 aliphatic carbocycles. The Morgan fingerprint density at radius 2 is 1.35 bits per heavy atom. The molecule has 31 heavy (non-hydrogen) atoms. The molecule has 2 aliphatic rings. The first-order valence-electron chi connectivity index (χ1n) is 11.4. The topological polar surface area (TPSA) is 3.24 Å². The van der Waals surface area contributed by atoms with Crippen LogP contribution in [0.25, 0.3) is 11.1 Å². The zero-order valence-electron chi connectivity index (χ0n) is 17.8. The van der Waals surface area contributed by atoms with E-state index >= 15 is 0 Å². The van der Waals surface area contributed by atoms with E-state index in [-0.39, 0.29) is 5.41 Å². The Kier molecular flexibility index (Phi) is 4.51. The van der Waals surface area contributed by atoms with Crippen LogP contribution in [-0.2, 0) is 18.4 Å². The van der Waals surface area contributed by atoms with Crippen LogP contribution in [0.15, 0.2) is 103 Å². The summed E-state index contributed by atoms with van der Waals surface area (Å²) in [6, 6.07) is 38.1. The summed E-state index contributed by atoms with van der Waals surface area (Å²) in [6.45, 7) is 3.27. The summed E-state index contributed by atoms with van der Waals surface area (Å²) >= 11 is 0. The summed E-state index contributed by atoms with van der Waals surface area (Å²) < 4.78 is 0. The molecule has 0 bridgehead atoms. The fourth-order valence-electron chi connectivity index (χ4n) is 5.81. The van der Waals surface area contributed by atoms with Gasteiger partial charge in [-0.05, 0) is 58.3 Å². The van der Waals surface area contributed by atoms with Gasteiger partial charge in [0.05, 0.1) is 0 Å². The molecule has 0 radical (unpaired) electrons. The van der Waals surface area contributed by atoms with Crippen LogP contribution < -0.4 is 0 Å². The molecule has 4 aromatic carbocycles. The van der Waals surface area contributed by atoms with Crippen LogP contribution >= 0.6 is 0 Å². The molecule has 4 aromatic rings. The number of hydrogen-bond donors (Lipinski definition) is 0. The molecule has 1 aliphatic heterocycles. The fraction of sp³-hybridized carbons (Fsp3) is 0.200. The maximum atomic E-state index is 2.65. The minimum atomic E-state index is 0.105. The van der Waals surface area contributed by atoms with Gasteiger partial charge in [-0.1, -0.05) is 103 Å². The third-order valence-corrected chi connectivity index (χ3v) is 7.24. The lowest BCUT2D eigenvalue weighted by molar-refractivity contribution is 0.313. The highest BCUT2D eigenvalue weighted by Crippen LogP contribution is 2.48. The van der Waals surface area contributed by atoms with Crippen molar-refractivity contribution in [3.8, 4) is 11.1 Å². The van der Waals surface area contributed by atoms with Gasteiger partial charge in [0.1, 0.15) is 0 Å². The summed E-state index contributed by atoms with van der Waals surface area (Å²) in [5, 5.41) is 0. The lowest BCUT2D eigenvalue weighted by Gasteiger charge is -2.38. The molecule has 1 heteroatoms. The van der Waals surface area contributed by atoms with Crippen molar-refractivity contribution in [2.75, 3.05) is 13.1 Å². The van der Waals surface area contributed by atoms with Crippen LogP contribution in [0, 0.1) is 0 Å². The lowest BCUT2D eigenvalue weighted by Crippen LogP contribution is -2.36. The Labute approximate surface area is 185 Å². The first-order chi connectivity index (χ1) is 15.3. The largest absolute Gasteiger partial charge is 0.298 e. The third kappa shape index (κ3) is 3.21. The summed E-state index contributed by atoms with van der Waals surface area (Å²) in [4.78, 5) is 2.65. The van der Waals surface area contributed by atoms with Crippen molar-refractivity contribution in [3.63, 3.8) is 0 Å². The minimum Gasteiger partial charge on any atom is -0.298 e. The Morgan fingerprint density at radius 3 is 2.19 bits per heavy atom. The van der Waals surface area contributed by atoms with Gasteiger partial charge in [0, 0.05) is 18.5 Å². The highest BCUT2D eigenvalue weighted by atomic mass is 15.2. The standard InChI is InChI=1S/C30H27N/c1-3-9-23(10-4-1)21-31-18-17-30(22-31)28-14-8-7-13-26(28)20-27-19-25(15-16-29(27)30)24-11-5-2-6-12-24/h1-16,19H,17-18,20-22H2. The SMILES string of the molecule is c1ccc(CN2CCC3(C2)c2ccccc2Cc2cc(-c4ccccc4)ccc23)cc1. The van der Waals surface area contributed by atoms with Crippen molar-refractivity contribution in [1.82, 2.24) is 4.90 Å². The van der Waals surface area contributed by atoms with Crippen molar-refractivity contribution in [3.05, 3.63) is 131 Å². The van der Waals surface area contributed by atoms with Gasteiger partial charge < -0.3 is 0 Å². The normalized spacial score (nSPS) is 19.9. The number of rotatable bonds is 3. The number of likely N-dealkylation sites (tertiary alicyclic amines) is 1. The van der Waals surface area contributed by atoms with Gasteiger partial charge in [-0.3, -0.25) is 4.90 Å². The third-order valence-electron chi connectivity index (χ3n) is 7.24. The van der Waals surface area contributed by atoms with Crippen LogP contribution in [0.4, 0.5) is 0 Å². The second-order valence-electron chi connectivity index (χ2n) is 9.10. The molecule has 1 heterocycles. The lowest BCUT2D eigenvalue weighted by atomic mass is 9.65. The van der Waals surface area contributed by atoms with Gasteiger partial charge in [0.2, 0.25) is 0 Å². The van der Waals surface area contributed by atoms with E-state index < -0.39 is 0 Å². The predicted octanol–water partition coefficient (Wildman–Crippen LogP) is 6.45. The maximum Gasteiger partial charge on any atom is 0.0347 e. The van der Waals surface area contributed by atoms with E-state index in [4.69, 9.17) is 0 Å². The molecule has 1 fully saturated rings. The van der Waals surface area contributed by atoms with Crippen LogP contribution in [0.3, 0.4) is 0 Å². The van der Waals surface area contributed by atoms with Crippen LogP contribution in [-0.4, -0.2) is 18.0 Å². The Balaban J connectivity index is 1.41. The molecule has 1 spiro atoms. The molecule has 0 aromatic heterocycles. The molecule has 1 unspecified atom stereocenters. The molecule has 0 amide bonds. The minimum absolute atomic E-state index is 0.105. The van der Waals surface area contributed by atoms with Gasteiger partial charge >= 0.3 is 0 Å². The Bertz CT molecular complexity index is 1210. The quantitative estimate of drug-likeness (QED) is 0.381. The Hall–Kier alpha value is -3.16. The first-order valence-corrected chi connectivity index (χ1v) is 11.4. The van der Waals surface area contributed by atoms with Gasteiger partial charge in [0.15, 0.2) is 0 Å². The monoisotopic (exact) mass is 401 g/mol. The van der Waals surface area contributed by atoms with E-state index in [9.17, 15) is 0 Å². The van der Waals surface area contributed by atoms with Crippen molar-refractivity contribution in [2.24, 2.45) is 0 Å². The number of nitrogens with zero attached hydrogens (tertiary/aromatic N) is 1. The summed E-state index contributed by atoms with van der Waals surface area (Å²) in [5.74, 6) is 0. The van der Waals surface area contributed by atoms with E-state index in [1.807, 2.05) is 0 Å². The summed E-state index contributed by atoms with van der Waals surface area (Å²) in [6.07, 6.45) is 2.22. The van der Waals surface area contributed by atoms with E-state index in [1.54, 1.807) is 11.1 Å². The second-order valence-corrected chi connectivity index (χ2v) is 9.10. The van der Waals surface area contributed by atoms with Crippen molar-refractivity contribution >= 4 is 0 Å². The van der Waals surface area contributed by atoms with E-state index in [0.717, 1.165) is 26.1 Å². The maximum absolute atomic E-state index is 2.65. The van der Waals surface area contributed by atoms with E-state index in [1.165, 1.54) is 34.2 Å². The molecule has 152 valence electrons. The van der Waals surface area contributed by atoms with Crippen molar-refractivity contribution in [1.29, 1.82) is 0 Å². The molecular formula is C30H27N. The summed E-state index contributed by atoms with van der Waals surface area (Å²) in [5.41, 5.74) is 10.2. The smallest absolute Gasteiger partial charge is 0.0347 e. The van der Waals surface area contributed by atoms with Gasteiger partial charge in [-0.2, -0.15) is 0 Å². The summed E-state index contributed by atoms with van der Waals surface area (Å²) in [7, 11) is 0. The Morgan fingerprint density at radius 1 is 0.645 bits per heavy atom. The molecule has 1 nitrogen and oxygen atoms in total. The van der Waals surface area contributed by atoms with Gasteiger partial charge in [0.25, 0.3) is 0 Å². The second kappa shape index (κ2) is 7.51. The average molecular weight is 402 g/mol. The zero-order valence-corrected chi connectivity index (χ0v) is 17.8. The number of fused-ring (bicyclic) bond motifs is 4. The van der Waals surface area contributed by atoms with E-state index in [2.05, 4.69) is 108 Å². The first kappa shape index (κ1) is 18.6. The van der Waals surface area contributed by atoms with Crippen LogP contribution in [0.5, 0.6) is 0 Å². The molecule has 1 saturated heterocycles. The van der Waals surface area contributed by atoms with Crippen molar-refractivity contribution in [2.45, 2.75) is 24.8 Å². The molecule has 6 rings (SSSR count). The van der Waals surface area contributed by atoms with Crippen LogP contribution in [0.1, 0.15) is 34.2 Å². The molecule has 1 atom stereocenters. The zero-order chi connectivity index (χ0) is 20.7. The number of hydrogen-bond acceptors (Lipinski definition) is 1. The highest BCUT2D eigenvalue weighted by Gasteiger charge is 2.45. The van der Waals surface area contributed by atoms with Crippen LogP contribution in [0.2, 0.25) is 0 Å². The average Bonchev–Trinajstić information content (AvgIpc) is 3.24. The molecular weight excluding hydrogens is 374 g/mol. The number of benzene rings is 4. The molecule has 0 saturated carbocycles. The van der Waals surface area contributed by atoms with E-state index in [0.29, 0.717) is 0 Å². The van der Waals surface area contributed by atoms with Gasteiger partial charge in [-0.25, -0.2) is 0 Å².